The highest BCUT2D eigenvalue weighted by Gasteiger charge is 2.42. The van der Waals surface area contributed by atoms with Gasteiger partial charge in [0.05, 0.1) is 19.8 Å². The number of halogens is 1. The van der Waals surface area contributed by atoms with Gasteiger partial charge in [-0.05, 0) is 89.5 Å². The van der Waals surface area contributed by atoms with Crippen LogP contribution in [0.3, 0.4) is 0 Å². The first-order valence-corrected chi connectivity index (χ1v) is 15.8. The summed E-state index contributed by atoms with van der Waals surface area (Å²) in [5, 5.41) is 1.35. The zero-order valence-electron chi connectivity index (χ0n) is 20.8. The number of rotatable bonds is 9. The van der Waals surface area contributed by atoms with E-state index in [-0.39, 0.29) is 17.7 Å². The number of carbonyl (C=O) groups is 1. The van der Waals surface area contributed by atoms with Crippen molar-refractivity contribution in [2.45, 2.75) is 64.3 Å². The maximum absolute atomic E-state index is 13.0. The van der Waals surface area contributed by atoms with Crippen molar-refractivity contribution in [1.29, 1.82) is 0 Å². The number of aryl methyl sites for hydroxylation is 1. The lowest BCUT2D eigenvalue weighted by Gasteiger charge is -2.40. The molecule has 0 saturated heterocycles. The fraction of sp³-hybridized carbons (Fsp3) is 0.500. The minimum absolute atomic E-state index is 0.0498. The molecule has 0 fully saturated rings. The van der Waals surface area contributed by atoms with Crippen LogP contribution >= 0.6 is 22.6 Å². The molecule has 186 valence electrons. The van der Waals surface area contributed by atoms with Gasteiger partial charge in [0.1, 0.15) is 17.6 Å². The summed E-state index contributed by atoms with van der Waals surface area (Å²) in [4.78, 5) is 13.0. The number of carbonyl (C=O) groups excluding carboxylic acids is 1. The molecule has 1 aliphatic rings. The van der Waals surface area contributed by atoms with Crippen molar-refractivity contribution >= 4 is 37.0 Å². The zero-order valence-corrected chi connectivity index (χ0v) is 24.0. The van der Waals surface area contributed by atoms with Crippen molar-refractivity contribution in [2.75, 3.05) is 19.8 Å². The van der Waals surface area contributed by atoms with Crippen LogP contribution < -0.4 is 9.47 Å². The molecule has 0 saturated carbocycles. The van der Waals surface area contributed by atoms with Gasteiger partial charge < -0.3 is 18.7 Å². The summed E-state index contributed by atoms with van der Waals surface area (Å²) >= 11 is 2.31. The fourth-order valence-corrected chi connectivity index (χ4v) is 4.82. The minimum Gasteiger partial charge on any atom is -0.493 e. The second kappa shape index (κ2) is 11.8. The van der Waals surface area contributed by atoms with Crippen molar-refractivity contribution in [3.05, 3.63) is 57.7 Å². The van der Waals surface area contributed by atoms with Crippen LogP contribution in [0.25, 0.3) is 0 Å². The summed E-state index contributed by atoms with van der Waals surface area (Å²) in [6.07, 6.45) is 1.72. The molecule has 0 spiro atoms. The van der Waals surface area contributed by atoms with Crippen molar-refractivity contribution in [3.8, 4) is 11.5 Å². The Labute approximate surface area is 218 Å². The first-order chi connectivity index (χ1) is 16.0. The molecule has 0 aliphatic carbocycles. The van der Waals surface area contributed by atoms with Crippen LogP contribution in [-0.4, -0.2) is 45.3 Å². The molecule has 0 N–H and O–H groups in total. The predicted molar refractivity (Wildman–Crippen MR) is 145 cm³/mol. The van der Waals surface area contributed by atoms with Gasteiger partial charge >= 0.3 is 6.09 Å². The van der Waals surface area contributed by atoms with Gasteiger partial charge in [0.25, 0.3) is 0 Å². The number of hydrogen-bond acceptors (Lipinski definition) is 5. The molecular formula is C26H36INO5Si. The van der Waals surface area contributed by atoms with E-state index < -0.39 is 14.4 Å². The highest BCUT2D eigenvalue weighted by molar-refractivity contribution is 14.1. The SMILES string of the molecule is CC(C)(C)[Si](C)(C)ON(C[C@H]1CCc2cc(I)ccc2O1)C(=O)OCCCOc1ccccc1. The number of fused-ring (bicyclic) bond motifs is 1. The summed E-state index contributed by atoms with van der Waals surface area (Å²) in [5.74, 6) is 1.69. The van der Waals surface area contributed by atoms with E-state index in [1.165, 1.54) is 14.2 Å². The fourth-order valence-electron chi connectivity index (χ4n) is 3.29. The standard InChI is InChI=1S/C26H36INO5Si/c1-26(2,3)34(4,5)33-28(19-23-14-12-20-18-21(27)13-15-24(20)32-23)25(29)31-17-9-16-30-22-10-7-6-8-11-22/h6-8,10-11,13,15,18,23H,9,12,14,16-17,19H2,1-5H3/t23-/m1/s1. The van der Waals surface area contributed by atoms with Gasteiger partial charge in [0.2, 0.25) is 8.32 Å². The largest absolute Gasteiger partial charge is 0.493 e. The van der Waals surface area contributed by atoms with Crippen LogP contribution in [0, 0.1) is 3.57 Å². The highest BCUT2D eigenvalue weighted by atomic mass is 127. The third-order valence-corrected chi connectivity index (χ3v) is 11.3. The third-order valence-electron chi connectivity index (χ3n) is 6.30. The Hall–Kier alpha value is -1.78. The molecule has 0 unspecified atom stereocenters. The van der Waals surface area contributed by atoms with Crippen LogP contribution in [0.4, 0.5) is 4.79 Å². The Bertz CT molecular complexity index is 948. The Morgan fingerprint density at radius 3 is 2.59 bits per heavy atom. The molecule has 0 aromatic heterocycles. The van der Waals surface area contributed by atoms with Crippen molar-refractivity contribution in [2.24, 2.45) is 0 Å². The Kier molecular flexibility index (Phi) is 9.28. The highest BCUT2D eigenvalue weighted by Crippen LogP contribution is 2.37. The second-order valence-corrected chi connectivity index (χ2v) is 16.0. The average Bonchev–Trinajstić information content (AvgIpc) is 2.78. The van der Waals surface area contributed by atoms with E-state index in [2.05, 4.69) is 62.5 Å². The van der Waals surface area contributed by atoms with Crippen LogP contribution in [-0.2, 0) is 15.7 Å². The lowest BCUT2D eigenvalue weighted by atomic mass is 10.0. The number of ether oxygens (including phenoxy) is 3. The molecule has 2 aromatic rings. The monoisotopic (exact) mass is 597 g/mol. The van der Waals surface area contributed by atoms with Gasteiger partial charge in [-0.1, -0.05) is 39.0 Å². The lowest BCUT2D eigenvalue weighted by Crippen LogP contribution is -2.51. The number of hydroxylamine groups is 2. The third kappa shape index (κ3) is 7.61. The Morgan fingerprint density at radius 2 is 1.88 bits per heavy atom. The Balaban J connectivity index is 1.58. The van der Waals surface area contributed by atoms with E-state index in [9.17, 15) is 4.79 Å². The summed E-state index contributed by atoms with van der Waals surface area (Å²) < 4.78 is 25.1. The number of nitrogens with zero attached hydrogens (tertiary/aromatic N) is 1. The number of benzene rings is 2. The molecule has 1 aliphatic heterocycles. The molecular weight excluding hydrogens is 561 g/mol. The lowest BCUT2D eigenvalue weighted by molar-refractivity contribution is -0.0801. The van der Waals surface area contributed by atoms with Gasteiger partial charge in [-0.2, -0.15) is 5.06 Å². The van der Waals surface area contributed by atoms with Gasteiger partial charge in [0.15, 0.2) is 0 Å². The normalized spacial score (nSPS) is 15.8. The van der Waals surface area contributed by atoms with Crippen LogP contribution in [0.2, 0.25) is 18.1 Å². The molecule has 2 aromatic carbocycles. The first-order valence-electron chi connectivity index (χ1n) is 11.8. The van der Waals surface area contributed by atoms with Crippen LogP contribution in [0.1, 0.15) is 39.2 Å². The topological polar surface area (TPSA) is 57.2 Å². The van der Waals surface area contributed by atoms with Crippen molar-refractivity contribution < 1.29 is 23.5 Å². The van der Waals surface area contributed by atoms with E-state index in [1.54, 1.807) is 0 Å². The summed E-state index contributed by atoms with van der Waals surface area (Å²) in [7, 11) is -2.25. The van der Waals surface area contributed by atoms with Crippen LogP contribution in [0.5, 0.6) is 11.5 Å². The predicted octanol–water partition coefficient (Wildman–Crippen LogP) is 6.83. The molecule has 0 radical (unpaired) electrons. The maximum Gasteiger partial charge on any atom is 0.433 e. The minimum atomic E-state index is -2.25. The van der Waals surface area contributed by atoms with Gasteiger partial charge in [-0.3, -0.25) is 0 Å². The molecule has 0 bridgehead atoms. The number of para-hydroxylation sites is 1. The molecule has 34 heavy (non-hydrogen) atoms. The number of amides is 1. The van der Waals surface area contributed by atoms with E-state index >= 15 is 0 Å². The van der Waals surface area contributed by atoms with Crippen LogP contribution in [0.15, 0.2) is 48.5 Å². The van der Waals surface area contributed by atoms with Gasteiger partial charge in [0, 0.05) is 9.99 Å². The number of hydrogen-bond donors (Lipinski definition) is 0. The maximum atomic E-state index is 13.0. The first kappa shape index (κ1) is 26.8. The summed E-state index contributed by atoms with van der Waals surface area (Å²) in [6.45, 7) is 11.8. The van der Waals surface area contributed by atoms with Crippen molar-refractivity contribution in [3.63, 3.8) is 0 Å². The van der Waals surface area contributed by atoms with Gasteiger partial charge in [-0.25, -0.2) is 4.79 Å². The molecule has 8 heteroatoms. The van der Waals surface area contributed by atoms with Gasteiger partial charge in [-0.15, -0.1) is 0 Å². The average molecular weight is 598 g/mol. The summed E-state index contributed by atoms with van der Waals surface area (Å²) in [5.41, 5.74) is 1.21. The molecule has 1 atom stereocenters. The van der Waals surface area contributed by atoms with E-state index in [0.29, 0.717) is 19.6 Å². The quantitative estimate of drug-likeness (QED) is 0.137. The zero-order chi connectivity index (χ0) is 24.8. The second-order valence-electron chi connectivity index (χ2n) is 10.1. The van der Waals surface area contributed by atoms with E-state index in [4.69, 9.17) is 18.7 Å². The molecule has 3 rings (SSSR count). The van der Waals surface area contributed by atoms with E-state index in [1.807, 2.05) is 42.5 Å². The smallest absolute Gasteiger partial charge is 0.433 e. The molecule has 1 heterocycles. The Morgan fingerprint density at radius 1 is 1.15 bits per heavy atom. The molecule has 1 amide bonds. The van der Waals surface area contributed by atoms with Crippen molar-refractivity contribution in [1.82, 2.24) is 5.06 Å². The summed E-state index contributed by atoms with van der Waals surface area (Å²) in [6, 6.07) is 15.8. The van der Waals surface area contributed by atoms with E-state index in [0.717, 1.165) is 24.3 Å². The molecule has 6 nitrogen and oxygen atoms in total.